The molecule has 0 saturated carbocycles. The summed E-state index contributed by atoms with van der Waals surface area (Å²) in [6.45, 7) is 3.03. The summed E-state index contributed by atoms with van der Waals surface area (Å²) in [4.78, 5) is 19.8. The molecule has 0 aromatic carbocycles. The Kier molecular flexibility index (Phi) is 3.17. The molecule has 2 fully saturated rings. The van der Waals surface area contributed by atoms with Crippen molar-refractivity contribution in [1.29, 1.82) is 0 Å². The smallest absolute Gasteiger partial charge is 0.410 e. The number of ether oxygens (including phenoxy) is 1. The summed E-state index contributed by atoms with van der Waals surface area (Å²) >= 11 is 0. The average Bonchev–Trinajstić information content (AvgIpc) is 3.06. The fourth-order valence-corrected chi connectivity index (χ4v) is 3.87. The molecule has 0 radical (unpaired) electrons. The molecule has 0 spiro atoms. The number of nitrogens with zero attached hydrogens (tertiary/aromatic N) is 3. The minimum Gasteiger partial charge on any atom is -0.447 e. The molecule has 0 aliphatic carbocycles. The van der Waals surface area contributed by atoms with Crippen LogP contribution in [0.4, 0.5) is 4.79 Å². The SMILES string of the molecule is CCc1ncc(S(=O)(=O)N2CCN3C(=O)OCC3C2)[nH]1. The van der Waals surface area contributed by atoms with Gasteiger partial charge in [-0.15, -0.1) is 0 Å². The third-order valence-electron chi connectivity index (χ3n) is 3.64. The van der Waals surface area contributed by atoms with E-state index in [2.05, 4.69) is 9.97 Å². The fraction of sp³-hybridized carbons (Fsp3) is 0.636. The Morgan fingerprint density at radius 1 is 1.50 bits per heavy atom. The van der Waals surface area contributed by atoms with E-state index in [0.717, 1.165) is 0 Å². The van der Waals surface area contributed by atoms with E-state index in [1.807, 2.05) is 6.92 Å². The van der Waals surface area contributed by atoms with E-state index < -0.39 is 10.0 Å². The molecule has 2 saturated heterocycles. The lowest BCUT2D eigenvalue weighted by Crippen LogP contribution is -2.53. The first-order valence-corrected chi connectivity index (χ1v) is 7.94. The molecular formula is C11H16N4O4S. The number of carbonyl (C=O) groups is 1. The van der Waals surface area contributed by atoms with Gasteiger partial charge in [0, 0.05) is 26.1 Å². The van der Waals surface area contributed by atoms with E-state index in [0.29, 0.717) is 18.8 Å². The molecule has 0 bridgehead atoms. The largest absolute Gasteiger partial charge is 0.447 e. The number of rotatable bonds is 3. The molecule has 110 valence electrons. The van der Waals surface area contributed by atoms with Gasteiger partial charge in [0.25, 0.3) is 10.0 Å². The lowest BCUT2D eigenvalue weighted by atomic mass is 10.2. The number of imidazole rings is 1. The number of piperazine rings is 1. The summed E-state index contributed by atoms with van der Waals surface area (Å²) < 4.78 is 31.3. The van der Waals surface area contributed by atoms with E-state index >= 15 is 0 Å². The topological polar surface area (TPSA) is 95.6 Å². The Bertz CT molecular complexity index is 626. The second-order valence-electron chi connectivity index (χ2n) is 4.83. The zero-order valence-corrected chi connectivity index (χ0v) is 11.9. The van der Waals surface area contributed by atoms with Crippen LogP contribution in [0, 0.1) is 0 Å². The number of sulfonamides is 1. The highest BCUT2D eigenvalue weighted by molar-refractivity contribution is 7.89. The van der Waals surface area contributed by atoms with Crippen LogP contribution in [0.3, 0.4) is 0 Å². The van der Waals surface area contributed by atoms with Crippen LogP contribution in [-0.4, -0.2) is 66.0 Å². The zero-order valence-electron chi connectivity index (χ0n) is 11.1. The number of aromatic nitrogens is 2. The number of aromatic amines is 1. The first-order chi connectivity index (χ1) is 9.52. The van der Waals surface area contributed by atoms with Crippen molar-refractivity contribution in [2.75, 3.05) is 26.2 Å². The van der Waals surface area contributed by atoms with Crippen molar-refractivity contribution in [3.05, 3.63) is 12.0 Å². The lowest BCUT2D eigenvalue weighted by Gasteiger charge is -2.34. The van der Waals surface area contributed by atoms with Crippen molar-refractivity contribution in [2.45, 2.75) is 24.4 Å². The van der Waals surface area contributed by atoms with Crippen LogP contribution < -0.4 is 0 Å². The van der Waals surface area contributed by atoms with Gasteiger partial charge in [0.2, 0.25) is 0 Å². The zero-order chi connectivity index (χ0) is 14.3. The van der Waals surface area contributed by atoms with E-state index in [-0.39, 0.29) is 36.9 Å². The molecule has 8 nitrogen and oxygen atoms in total. The van der Waals surface area contributed by atoms with Gasteiger partial charge in [-0.25, -0.2) is 18.2 Å². The maximum Gasteiger partial charge on any atom is 0.410 e. The van der Waals surface area contributed by atoms with Gasteiger partial charge in [-0.05, 0) is 0 Å². The molecule has 20 heavy (non-hydrogen) atoms. The number of hydrogen-bond acceptors (Lipinski definition) is 5. The molecular weight excluding hydrogens is 284 g/mol. The summed E-state index contributed by atoms with van der Waals surface area (Å²) in [5, 5.41) is 0.105. The molecule has 3 rings (SSSR count). The maximum atomic E-state index is 12.5. The average molecular weight is 300 g/mol. The van der Waals surface area contributed by atoms with Crippen LogP contribution >= 0.6 is 0 Å². The second-order valence-corrected chi connectivity index (χ2v) is 6.74. The Labute approximate surface area is 116 Å². The number of hydrogen-bond donors (Lipinski definition) is 1. The molecule has 2 aliphatic rings. The second kappa shape index (κ2) is 4.74. The van der Waals surface area contributed by atoms with Crippen molar-refractivity contribution >= 4 is 16.1 Å². The summed E-state index contributed by atoms with van der Waals surface area (Å²) in [7, 11) is -3.59. The summed E-state index contributed by atoms with van der Waals surface area (Å²) in [6, 6.07) is -0.195. The highest BCUT2D eigenvalue weighted by Crippen LogP contribution is 2.22. The normalized spacial score (nSPS) is 23.8. The molecule has 1 atom stereocenters. The molecule has 1 aromatic heterocycles. The number of aryl methyl sites for hydroxylation is 1. The molecule has 9 heteroatoms. The first-order valence-electron chi connectivity index (χ1n) is 6.50. The number of nitrogens with one attached hydrogen (secondary N) is 1. The van der Waals surface area contributed by atoms with Crippen molar-refractivity contribution in [2.24, 2.45) is 0 Å². The maximum absolute atomic E-state index is 12.5. The van der Waals surface area contributed by atoms with Gasteiger partial charge in [0.05, 0.1) is 12.2 Å². The minimum absolute atomic E-state index is 0.105. The highest BCUT2D eigenvalue weighted by atomic mass is 32.2. The third-order valence-corrected chi connectivity index (χ3v) is 5.41. The highest BCUT2D eigenvalue weighted by Gasteiger charge is 2.41. The predicted octanol–water partition coefficient (Wildman–Crippen LogP) is -0.203. The van der Waals surface area contributed by atoms with Gasteiger partial charge in [0.1, 0.15) is 12.4 Å². The van der Waals surface area contributed by atoms with E-state index in [9.17, 15) is 13.2 Å². The van der Waals surface area contributed by atoms with Crippen LogP contribution in [0.25, 0.3) is 0 Å². The van der Waals surface area contributed by atoms with E-state index in [1.54, 1.807) is 4.90 Å². The molecule has 1 unspecified atom stereocenters. The lowest BCUT2D eigenvalue weighted by molar-refractivity contribution is 0.147. The summed E-state index contributed by atoms with van der Waals surface area (Å²) in [6.07, 6.45) is 1.63. The standard InChI is InChI=1S/C11H16N4O4S/c1-2-9-12-5-10(13-9)20(17,18)14-3-4-15-8(6-14)7-19-11(15)16/h5,8H,2-4,6-7H2,1H3,(H,12,13). The van der Waals surface area contributed by atoms with Crippen LogP contribution in [0.2, 0.25) is 0 Å². The van der Waals surface area contributed by atoms with Crippen LogP contribution in [0.15, 0.2) is 11.2 Å². The van der Waals surface area contributed by atoms with E-state index in [4.69, 9.17) is 4.74 Å². The Morgan fingerprint density at radius 3 is 3.00 bits per heavy atom. The summed E-state index contributed by atoms with van der Waals surface area (Å²) in [5.41, 5.74) is 0. The predicted molar refractivity (Wildman–Crippen MR) is 68.6 cm³/mol. The van der Waals surface area contributed by atoms with Gasteiger partial charge in [-0.3, -0.25) is 4.90 Å². The number of carbonyl (C=O) groups excluding carboxylic acids is 1. The number of amides is 1. The van der Waals surface area contributed by atoms with Crippen molar-refractivity contribution in [3.63, 3.8) is 0 Å². The van der Waals surface area contributed by atoms with Gasteiger partial charge in [0.15, 0.2) is 5.03 Å². The molecule has 2 aliphatic heterocycles. The number of H-pyrrole nitrogens is 1. The molecule has 1 N–H and O–H groups in total. The molecule has 1 aromatic rings. The van der Waals surface area contributed by atoms with Crippen molar-refractivity contribution in [1.82, 2.24) is 19.2 Å². The van der Waals surface area contributed by atoms with Gasteiger partial charge >= 0.3 is 6.09 Å². The van der Waals surface area contributed by atoms with Crippen LogP contribution in [-0.2, 0) is 21.2 Å². The monoisotopic (exact) mass is 300 g/mol. The van der Waals surface area contributed by atoms with E-state index in [1.165, 1.54) is 10.5 Å². The van der Waals surface area contributed by atoms with Gasteiger partial charge in [-0.1, -0.05) is 6.92 Å². The summed E-state index contributed by atoms with van der Waals surface area (Å²) in [5.74, 6) is 0.640. The van der Waals surface area contributed by atoms with Crippen LogP contribution in [0.5, 0.6) is 0 Å². The minimum atomic E-state index is -3.59. The van der Waals surface area contributed by atoms with Crippen LogP contribution in [0.1, 0.15) is 12.7 Å². The van der Waals surface area contributed by atoms with Crippen molar-refractivity contribution < 1.29 is 17.9 Å². The van der Waals surface area contributed by atoms with Gasteiger partial charge < -0.3 is 9.72 Å². The Hall–Kier alpha value is -1.61. The third kappa shape index (κ3) is 2.06. The van der Waals surface area contributed by atoms with Crippen molar-refractivity contribution in [3.8, 4) is 0 Å². The Morgan fingerprint density at radius 2 is 2.30 bits per heavy atom. The first kappa shape index (κ1) is 13.4. The number of cyclic esters (lactones) is 1. The fourth-order valence-electron chi connectivity index (χ4n) is 2.47. The quantitative estimate of drug-likeness (QED) is 0.834. The molecule has 1 amide bonds. The number of fused-ring (bicyclic) bond motifs is 1. The molecule has 3 heterocycles. The van der Waals surface area contributed by atoms with Gasteiger partial charge in [-0.2, -0.15) is 4.31 Å². The Balaban J connectivity index is 1.80.